The second-order valence-electron chi connectivity index (χ2n) is 4.27. The van der Waals surface area contributed by atoms with Gasteiger partial charge in [-0.3, -0.25) is 25.2 Å². The first kappa shape index (κ1) is 18.9. The molecule has 0 heterocycles. The molecular weight excluding hydrogens is 342 g/mol. The summed E-state index contributed by atoms with van der Waals surface area (Å²) >= 11 is 10.6. The number of esters is 1. The van der Waals surface area contributed by atoms with Crippen LogP contribution in [0.5, 0.6) is 0 Å². The van der Waals surface area contributed by atoms with Crippen molar-refractivity contribution >= 4 is 46.7 Å². The number of nitrogens with one attached hydrogen (secondary N) is 3. The van der Waals surface area contributed by atoms with Crippen LogP contribution in [-0.2, 0) is 14.3 Å². The van der Waals surface area contributed by atoms with E-state index in [1.807, 2.05) is 0 Å². The Morgan fingerprint density at radius 3 is 2.39 bits per heavy atom. The smallest absolute Gasteiger partial charge is 0.306 e. The third kappa shape index (κ3) is 7.57. The minimum absolute atomic E-state index is 0.0422. The summed E-state index contributed by atoms with van der Waals surface area (Å²) in [5.41, 5.74) is 5.09. The number of carbonyl (C=O) groups is 3. The van der Waals surface area contributed by atoms with Gasteiger partial charge in [-0.1, -0.05) is 11.6 Å². The molecule has 0 bridgehead atoms. The van der Waals surface area contributed by atoms with Gasteiger partial charge in [0, 0.05) is 17.0 Å². The van der Waals surface area contributed by atoms with Gasteiger partial charge in [0.15, 0.2) is 5.11 Å². The van der Waals surface area contributed by atoms with Gasteiger partial charge in [0.25, 0.3) is 5.91 Å². The van der Waals surface area contributed by atoms with E-state index in [1.54, 1.807) is 31.2 Å². The normalized spacial score (nSPS) is 9.65. The van der Waals surface area contributed by atoms with Crippen LogP contribution in [0.25, 0.3) is 0 Å². The molecule has 7 nitrogen and oxygen atoms in total. The van der Waals surface area contributed by atoms with Crippen LogP contribution in [0.4, 0.5) is 0 Å². The van der Waals surface area contributed by atoms with Crippen molar-refractivity contribution in [1.29, 1.82) is 0 Å². The molecule has 0 aliphatic rings. The molecular formula is C14H16ClN3O4S. The van der Waals surface area contributed by atoms with Crippen LogP contribution in [0, 0.1) is 0 Å². The second-order valence-corrected chi connectivity index (χ2v) is 5.11. The predicted octanol–water partition coefficient (Wildman–Crippen LogP) is 1.32. The summed E-state index contributed by atoms with van der Waals surface area (Å²) in [6, 6.07) is 6.23. The van der Waals surface area contributed by atoms with Crippen molar-refractivity contribution in [2.24, 2.45) is 0 Å². The number of carbonyl (C=O) groups excluding carboxylic acids is 3. The van der Waals surface area contributed by atoms with Crippen molar-refractivity contribution in [3.05, 3.63) is 34.9 Å². The van der Waals surface area contributed by atoms with Crippen LogP contribution in [0.3, 0.4) is 0 Å². The summed E-state index contributed by atoms with van der Waals surface area (Å²) in [5, 5.41) is 2.76. The number of hydrogen-bond acceptors (Lipinski definition) is 5. The van der Waals surface area contributed by atoms with Gasteiger partial charge in [-0.2, -0.15) is 0 Å². The molecule has 0 aliphatic carbocycles. The van der Waals surface area contributed by atoms with E-state index in [9.17, 15) is 14.4 Å². The van der Waals surface area contributed by atoms with E-state index in [4.69, 9.17) is 28.6 Å². The van der Waals surface area contributed by atoms with Crippen molar-refractivity contribution in [2.45, 2.75) is 19.8 Å². The third-order valence-electron chi connectivity index (χ3n) is 2.51. The number of hydrogen-bond donors (Lipinski definition) is 3. The Bertz CT molecular complexity index is 592. The molecule has 0 radical (unpaired) electrons. The molecule has 1 aromatic carbocycles. The lowest BCUT2D eigenvalue weighted by atomic mass is 10.2. The van der Waals surface area contributed by atoms with E-state index in [1.165, 1.54) is 0 Å². The van der Waals surface area contributed by atoms with E-state index in [0.29, 0.717) is 10.6 Å². The molecule has 0 aliphatic heterocycles. The highest BCUT2D eigenvalue weighted by molar-refractivity contribution is 7.80. The fourth-order valence-corrected chi connectivity index (χ4v) is 1.75. The molecule has 0 spiro atoms. The predicted molar refractivity (Wildman–Crippen MR) is 88.7 cm³/mol. The fraction of sp³-hybridized carbons (Fsp3) is 0.286. The third-order valence-corrected chi connectivity index (χ3v) is 2.97. The summed E-state index contributed by atoms with van der Waals surface area (Å²) in [4.78, 5) is 34.4. The van der Waals surface area contributed by atoms with Gasteiger partial charge in [0.2, 0.25) is 5.91 Å². The molecule has 3 N–H and O–H groups in total. The molecule has 124 valence electrons. The zero-order chi connectivity index (χ0) is 17.2. The molecule has 0 saturated heterocycles. The maximum Gasteiger partial charge on any atom is 0.306 e. The molecule has 0 aromatic heterocycles. The van der Waals surface area contributed by atoms with Gasteiger partial charge in [0.1, 0.15) is 0 Å². The number of rotatable bonds is 5. The first-order chi connectivity index (χ1) is 10.9. The molecule has 1 aromatic rings. The highest BCUT2D eigenvalue weighted by Gasteiger charge is 2.10. The summed E-state index contributed by atoms with van der Waals surface area (Å²) in [5.74, 6) is -1.36. The van der Waals surface area contributed by atoms with Gasteiger partial charge < -0.3 is 10.1 Å². The Morgan fingerprint density at radius 2 is 1.78 bits per heavy atom. The zero-order valence-corrected chi connectivity index (χ0v) is 13.9. The first-order valence-electron chi connectivity index (χ1n) is 6.73. The maximum atomic E-state index is 11.8. The van der Waals surface area contributed by atoms with Crippen LogP contribution >= 0.6 is 23.8 Å². The van der Waals surface area contributed by atoms with E-state index in [0.717, 1.165) is 0 Å². The monoisotopic (exact) mass is 357 g/mol. The minimum Gasteiger partial charge on any atom is -0.466 e. The Morgan fingerprint density at radius 1 is 1.13 bits per heavy atom. The summed E-state index contributed by atoms with van der Waals surface area (Å²) in [7, 11) is 0. The molecule has 0 saturated carbocycles. The van der Waals surface area contributed by atoms with Gasteiger partial charge in [0.05, 0.1) is 13.0 Å². The molecule has 0 unspecified atom stereocenters. The van der Waals surface area contributed by atoms with Crippen LogP contribution in [0.1, 0.15) is 30.1 Å². The van der Waals surface area contributed by atoms with Crippen LogP contribution in [0.2, 0.25) is 5.02 Å². The second kappa shape index (κ2) is 9.75. The quantitative estimate of drug-likeness (QED) is 0.418. The van der Waals surface area contributed by atoms with Gasteiger partial charge in [-0.05, 0) is 43.4 Å². The maximum absolute atomic E-state index is 11.8. The number of benzene rings is 1. The standard InChI is InChI=1S/C14H16ClN3O4S/c1-2-22-12(20)8-7-11(19)16-14(23)18-17-13(21)9-3-5-10(15)6-4-9/h3-6H,2,7-8H2,1H3,(H,17,21)(H2,16,18,19,23). The topological polar surface area (TPSA) is 96.5 Å². The van der Waals surface area contributed by atoms with Gasteiger partial charge >= 0.3 is 5.97 Å². The Labute approximate surface area is 143 Å². The highest BCUT2D eigenvalue weighted by atomic mass is 35.5. The summed E-state index contributed by atoms with van der Waals surface area (Å²) < 4.78 is 4.70. The largest absolute Gasteiger partial charge is 0.466 e. The highest BCUT2D eigenvalue weighted by Crippen LogP contribution is 2.08. The molecule has 0 atom stereocenters. The van der Waals surface area contributed by atoms with Crippen molar-refractivity contribution in [2.75, 3.05) is 6.61 Å². The SMILES string of the molecule is CCOC(=O)CCC(=O)NC(=S)NNC(=O)c1ccc(Cl)cc1. The molecule has 9 heteroatoms. The molecule has 2 amide bonds. The number of ether oxygens (including phenoxy) is 1. The Balaban J connectivity index is 2.30. The van der Waals surface area contributed by atoms with E-state index < -0.39 is 17.8 Å². The summed E-state index contributed by atoms with van der Waals surface area (Å²) in [6.45, 7) is 1.94. The molecule has 0 fully saturated rings. The Hall–Kier alpha value is -2.19. The average Bonchev–Trinajstić information content (AvgIpc) is 2.51. The number of halogens is 1. The van der Waals surface area contributed by atoms with Crippen LogP contribution < -0.4 is 16.2 Å². The average molecular weight is 358 g/mol. The molecule has 23 heavy (non-hydrogen) atoms. The zero-order valence-electron chi connectivity index (χ0n) is 12.3. The van der Waals surface area contributed by atoms with Crippen molar-refractivity contribution in [1.82, 2.24) is 16.2 Å². The van der Waals surface area contributed by atoms with Crippen LogP contribution in [0.15, 0.2) is 24.3 Å². The first-order valence-corrected chi connectivity index (χ1v) is 7.52. The lowest BCUT2D eigenvalue weighted by Crippen LogP contribution is -2.48. The van der Waals surface area contributed by atoms with Gasteiger partial charge in [-0.25, -0.2) is 0 Å². The number of hydrazine groups is 1. The Kier molecular flexibility index (Phi) is 8.00. The summed E-state index contributed by atoms with van der Waals surface area (Å²) in [6.07, 6.45) is -0.106. The van der Waals surface area contributed by atoms with Crippen molar-refractivity contribution < 1.29 is 19.1 Å². The van der Waals surface area contributed by atoms with Crippen molar-refractivity contribution in [3.63, 3.8) is 0 Å². The number of amides is 2. The van der Waals surface area contributed by atoms with Crippen LogP contribution in [-0.4, -0.2) is 29.5 Å². The van der Waals surface area contributed by atoms with Gasteiger partial charge in [-0.15, -0.1) is 0 Å². The lowest BCUT2D eigenvalue weighted by molar-refractivity contribution is -0.144. The lowest BCUT2D eigenvalue weighted by Gasteiger charge is -2.10. The van der Waals surface area contributed by atoms with E-state index in [-0.39, 0.29) is 24.6 Å². The van der Waals surface area contributed by atoms with E-state index in [2.05, 4.69) is 16.2 Å². The fourth-order valence-electron chi connectivity index (χ4n) is 1.46. The minimum atomic E-state index is -0.462. The van der Waals surface area contributed by atoms with Crippen molar-refractivity contribution in [3.8, 4) is 0 Å². The molecule has 1 rings (SSSR count). The number of thiocarbonyl (C=S) groups is 1. The van der Waals surface area contributed by atoms with E-state index >= 15 is 0 Å².